The van der Waals surface area contributed by atoms with E-state index in [-0.39, 0.29) is 0 Å². The van der Waals surface area contributed by atoms with Crippen molar-refractivity contribution < 1.29 is 0 Å². The predicted molar refractivity (Wildman–Crippen MR) is 72.2 cm³/mol. The minimum atomic E-state index is 0.775. The van der Waals surface area contributed by atoms with E-state index in [1.54, 1.807) is 6.20 Å². The van der Waals surface area contributed by atoms with Gasteiger partial charge in [0.25, 0.3) is 0 Å². The van der Waals surface area contributed by atoms with E-state index in [9.17, 15) is 0 Å². The Morgan fingerprint density at radius 2 is 2.00 bits per heavy atom. The molecule has 0 aliphatic heterocycles. The molecule has 4 heteroatoms. The van der Waals surface area contributed by atoms with E-state index in [2.05, 4.69) is 46.8 Å². The molecule has 1 N–H and O–H groups in total. The third kappa shape index (κ3) is 2.76. The summed E-state index contributed by atoms with van der Waals surface area (Å²) in [6.45, 7) is 7.84. The second kappa shape index (κ2) is 5.31. The average molecular weight is 244 g/mol. The van der Waals surface area contributed by atoms with Gasteiger partial charge in [0.05, 0.1) is 5.69 Å². The van der Waals surface area contributed by atoms with Crippen molar-refractivity contribution in [3.8, 4) is 0 Å². The molecule has 2 aromatic rings. The van der Waals surface area contributed by atoms with Gasteiger partial charge in [-0.15, -0.1) is 0 Å². The molecule has 0 fully saturated rings. The number of nitrogens with zero attached hydrogens (tertiary/aromatic N) is 3. The lowest BCUT2D eigenvalue weighted by atomic mass is 10.2. The van der Waals surface area contributed by atoms with Gasteiger partial charge in [0.2, 0.25) is 0 Å². The van der Waals surface area contributed by atoms with Crippen molar-refractivity contribution in [1.82, 2.24) is 19.9 Å². The molecule has 0 atom stereocenters. The summed E-state index contributed by atoms with van der Waals surface area (Å²) in [5, 5.41) is 3.42. The summed E-state index contributed by atoms with van der Waals surface area (Å²) in [7, 11) is 2.10. The Morgan fingerprint density at radius 1 is 1.22 bits per heavy atom. The molecule has 0 bridgehead atoms. The highest BCUT2D eigenvalue weighted by Gasteiger charge is 2.05. The number of aromatic nitrogens is 3. The van der Waals surface area contributed by atoms with Crippen LogP contribution in [0.25, 0.3) is 0 Å². The minimum Gasteiger partial charge on any atom is -0.352 e. The van der Waals surface area contributed by atoms with Crippen LogP contribution in [0.2, 0.25) is 0 Å². The van der Waals surface area contributed by atoms with Crippen molar-refractivity contribution in [2.75, 3.05) is 0 Å². The number of hydrogen-bond donors (Lipinski definition) is 1. The van der Waals surface area contributed by atoms with Crippen LogP contribution in [0.3, 0.4) is 0 Å². The molecule has 4 nitrogen and oxygen atoms in total. The fraction of sp³-hybridized carbons (Fsp3) is 0.429. The standard InChI is InChI=1S/C14H20N4/c1-10-7-13(11(2)18(10)4)8-15-9-14-5-6-16-12(3)17-14/h5-7,15H,8-9H2,1-4H3. The highest BCUT2D eigenvalue weighted by molar-refractivity contribution is 5.26. The van der Waals surface area contributed by atoms with Crippen molar-refractivity contribution in [2.24, 2.45) is 7.05 Å². The van der Waals surface area contributed by atoms with Crippen molar-refractivity contribution in [2.45, 2.75) is 33.9 Å². The Balaban J connectivity index is 1.94. The largest absolute Gasteiger partial charge is 0.352 e. The maximum atomic E-state index is 4.37. The smallest absolute Gasteiger partial charge is 0.125 e. The van der Waals surface area contributed by atoms with Gasteiger partial charge in [-0.2, -0.15) is 0 Å². The average Bonchev–Trinajstić information content (AvgIpc) is 2.57. The molecule has 0 aliphatic rings. The summed E-state index contributed by atoms with van der Waals surface area (Å²) >= 11 is 0. The maximum absolute atomic E-state index is 4.37. The van der Waals surface area contributed by atoms with Crippen molar-refractivity contribution in [3.63, 3.8) is 0 Å². The van der Waals surface area contributed by atoms with Crippen LogP contribution >= 0.6 is 0 Å². The van der Waals surface area contributed by atoms with E-state index in [1.807, 2.05) is 13.0 Å². The Hall–Kier alpha value is -1.68. The second-order valence-corrected chi connectivity index (χ2v) is 4.65. The lowest BCUT2D eigenvalue weighted by Crippen LogP contribution is -2.14. The lowest BCUT2D eigenvalue weighted by Gasteiger charge is -2.05. The Bertz CT molecular complexity index is 543. The zero-order valence-electron chi connectivity index (χ0n) is 11.5. The monoisotopic (exact) mass is 244 g/mol. The van der Waals surface area contributed by atoms with E-state index >= 15 is 0 Å². The van der Waals surface area contributed by atoms with Crippen LogP contribution in [-0.4, -0.2) is 14.5 Å². The fourth-order valence-corrected chi connectivity index (χ4v) is 2.04. The van der Waals surface area contributed by atoms with Crippen LogP contribution in [-0.2, 0) is 20.1 Å². The minimum absolute atomic E-state index is 0.775. The molecule has 0 spiro atoms. The summed E-state index contributed by atoms with van der Waals surface area (Å²) in [6.07, 6.45) is 1.80. The Labute approximate surface area is 108 Å². The van der Waals surface area contributed by atoms with Gasteiger partial charge in [-0.05, 0) is 38.5 Å². The first kappa shape index (κ1) is 12.8. The van der Waals surface area contributed by atoms with Gasteiger partial charge in [0.15, 0.2) is 0 Å². The second-order valence-electron chi connectivity index (χ2n) is 4.65. The SMILES string of the molecule is Cc1nccc(CNCc2cc(C)n(C)c2C)n1. The molecule has 2 heterocycles. The van der Waals surface area contributed by atoms with Gasteiger partial charge < -0.3 is 9.88 Å². The van der Waals surface area contributed by atoms with Crippen LogP contribution in [0.1, 0.15) is 28.5 Å². The molecule has 18 heavy (non-hydrogen) atoms. The summed E-state index contributed by atoms with van der Waals surface area (Å²) in [5.74, 6) is 0.820. The van der Waals surface area contributed by atoms with Crippen LogP contribution < -0.4 is 5.32 Å². The topological polar surface area (TPSA) is 42.7 Å². The molecule has 0 saturated carbocycles. The maximum Gasteiger partial charge on any atom is 0.125 e. The van der Waals surface area contributed by atoms with E-state index in [4.69, 9.17) is 0 Å². The lowest BCUT2D eigenvalue weighted by molar-refractivity contribution is 0.670. The zero-order chi connectivity index (χ0) is 13.1. The first-order chi connectivity index (χ1) is 8.58. The number of hydrogen-bond acceptors (Lipinski definition) is 3. The Morgan fingerprint density at radius 3 is 2.61 bits per heavy atom. The summed E-state index contributed by atoms with van der Waals surface area (Å²) in [6, 6.07) is 4.18. The van der Waals surface area contributed by atoms with E-state index in [0.717, 1.165) is 24.6 Å². The first-order valence-electron chi connectivity index (χ1n) is 6.19. The van der Waals surface area contributed by atoms with E-state index in [0.29, 0.717) is 0 Å². The van der Waals surface area contributed by atoms with E-state index in [1.165, 1.54) is 17.0 Å². The summed E-state index contributed by atoms with van der Waals surface area (Å²) in [5.41, 5.74) is 5.00. The van der Waals surface area contributed by atoms with Gasteiger partial charge in [-0.25, -0.2) is 9.97 Å². The normalized spacial score (nSPS) is 10.9. The highest BCUT2D eigenvalue weighted by atomic mass is 15.0. The number of aryl methyl sites for hydroxylation is 2. The third-order valence-electron chi connectivity index (χ3n) is 3.34. The van der Waals surface area contributed by atoms with Crippen molar-refractivity contribution in [1.29, 1.82) is 0 Å². The van der Waals surface area contributed by atoms with Crippen molar-refractivity contribution in [3.05, 3.63) is 46.8 Å². The van der Waals surface area contributed by atoms with Crippen LogP contribution in [0.15, 0.2) is 18.3 Å². The quantitative estimate of drug-likeness (QED) is 0.895. The fourth-order valence-electron chi connectivity index (χ4n) is 2.04. The first-order valence-corrected chi connectivity index (χ1v) is 6.19. The molecule has 96 valence electrons. The van der Waals surface area contributed by atoms with Crippen LogP contribution in [0.4, 0.5) is 0 Å². The molecule has 0 saturated heterocycles. The summed E-state index contributed by atoms with van der Waals surface area (Å²) in [4.78, 5) is 8.46. The van der Waals surface area contributed by atoms with Crippen LogP contribution in [0.5, 0.6) is 0 Å². The van der Waals surface area contributed by atoms with Gasteiger partial charge in [-0.3, -0.25) is 0 Å². The molecular weight excluding hydrogens is 224 g/mol. The zero-order valence-corrected chi connectivity index (χ0v) is 11.5. The van der Waals surface area contributed by atoms with E-state index < -0.39 is 0 Å². The molecule has 0 radical (unpaired) electrons. The molecule has 0 unspecified atom stereocenters. The van der Waals surface area contributed by atoms with Gasteiger partial charge >= 0.3 is 0 Å². The van der Waals surface area contributed by atoms with Crippen LogP contribution in [0, 0.1) is 20.8 Å². The molecule has 2 aromatic heterocycles. The third-order valence-corrected chi connectivity index (χ3v) is 3.34. The molecule has 0 aliphatic carbocycles. The molecule has 0 amide bonds. The van der Waals surface area contributed by atoms with Gasteiger partial charge in [0.1, 0.15) is 5.82 Å². The highest BCUT2D eigenvalue weighted by Crippen LogP contribution is 2.12. The number of nitrogens with one attached hydrogen (secondary N) is 1. The predicted octanol–water partition coefficient (Wildman–Crippen LogP) is 2.03. The number of rotatable bonds is 4. The summed E-state index contributed by atoms with van der Waals surface area (Å²) < 4.78 is 2.21. The van der Waals surface area contributed by atoms with Gasteiger partial charge in [0, 0.05) is 37.7 Å². The van der Waals surface area contributed by atoms with Gasteiger partial charge in [-0.1, -0.05) is 0 Å². The van der Waals surface area contributed by atoms with Crippen molar-refractivity contribution >= 4 is 0 Å². The Kier molecular flexibility index (Phi) is 3.77. The molecular formula is C14H20N4. The molecule has 2 rings (SSSR count). The molecule has 0 aromatic carbocycles.